The first-order valence-corrected chi connectivity index (χ1v) is 5.02. The molecule has 3 N–H and O–H groups in total. The van der Waals surface area contributed by atoms with Crippen molar-refractivity contribution in [2.75, 3.05) is 0 Å². The second-order valence-corrected chi connectivity index (χ2v) is 3.96. The van der Waals surface area contributed by atoms with Crippen LogP contribution in [0.25, 0.3) is 0 Å². The van der Waals surface area contributed by atoms with Crippen LogP contribution in [-0.4, -0.2) is 33.0 Å². The van der Waals surface area contributed by atoms with Crippen LogP contribution < -0.4 is 5.32 Å². The van der Waals surface area contributed by atoms with Gasteiger partial charge in [0.2, 0.25) is 0 Å². The Morgan fingerprint density at radius 3 is 2.69 bits per heavy atom. The molecule has 1 unspecified atom stereocenters. The van der Waals surface area contributed by atoms with E-state index < -0.39 is 17.9 Å². The molecule has 16 heavy (non-hydrogen) atoms. The minimum absolute atomic E-state index is 0.197. The molecule has 0 bridgehead atoms. The summed E-state index contributed by atoms with van der Waals surface area (Å²) in [4.78, 5) is 28.8. The molecule has 0 fully saturated rings. The molecule has 0 radical (unpaired) electrons. The van der Waals surface area contributed by atoms with Crippen LogP contribution >= 0.6 is 0 Å². The fourth-order valence-electron chi connectivity index (χ4n) is 1.31. The number of nitrogens with one attached hydrogen (secondary N) is 2. The van der Waals surface area contributed by atoms with Gasteiger partial charge in [-0.05, 0) is 12.3 Å². The van der Waals surface area contributed by atoms with Gasteiger partial charge in [-0.25, -0.2) is 9.78 Å². The van der Waals surface area contributed by atoms with E-state index in [1.165, 1.54) is 12.5 Å². The summed E-state index contributed by atoms with van der Waals surface area (Å²) in [5.74, 6) is -1.28. The zero-order valence-electron chi connectivity index (χ0n) is 9.23. The molecule has 0 aliphatic carbocycles. The molecule has 0 aliphatic rings. The van der Waals surface area contributed by atoms with E-state index in [9.17, 15) is 9.59 Å². The number of carbonyl (C=O) groups excluding carboxylic acids is 1. The van der Waals surface area contributed by atoms with Crippen LogP contribution in [0.5, 0.6) is 0 Å². The molecule has 1 atom stereocenters. The highest BCUT2D eigenvalue weighted by molar-refractivity contribution is 5.94. The topological polar surface area (TPSA) is 95.1 Å². The zero-order valence-corrected chi connectivity index (χ0v) is 9.23. The molecule has 6 heteroatoms. The van der Waals surface area contributed by atoms with Crippen molar-refractivity contribution in [1.82, 2.24) is 15.3 Å². The Kier molecular flexibility index (Phi) is 4.04. The molecule has 0 aliphatic heterocycles. The summed E-state index contributed by atoms with van der Waals surface area (Å²) in [7, 11) is 0. The molecule has 0 saturated heterocycles. The Labute approximate surface area is 93.1 Å². The van der Waals surface area contributed by atoms with Crippen molar-refractivity contribution in [1.29, 1.82) is 0 Å². The average molecular weight is 225 g/mol. The van der Waals surface area contributed by atoms with Crippen LogP contribution in [-0.2, 0) is 4.79 Å². The highest BCUT2D eigenvalue weighted by Crippen LogP contribution is 2.05. The molecule has 0 spiro atoms. The van der Waals surface area contributed by atoms with Crippen molar-refractivity contribution in [2.24, 2.45) is 5.92 Å². The summed E-state index contributed by atoms with van der Waals surface area (Å²) < 4.78 is 0. The first-order valence-electron chi connectivity index (χ1n) is 5.02. The summed E-state index contributed by atoms with van der Waals surface area (Å²) in [6.45, 7) is 3.80. The van der Waals surface area contributed by atoms with Gasteiger partial charge in [-0.1, -0.05) is 13.8 Å². The van der Waals surface area contributed by atoms with Crippen LogP contribution in [0.1, 0.15) is 30.8 Å². The van der Waals surface area contributed by atoms with E-state index in [4.69, 9.17) is 5.11 Å². The highest BCUT2D eigenvalue weighted by atomic mass is 16.4. The third kappa shape index (κ3) is 3.38. The lowest BCUT2D eigenvalue weighted by atomic mass is 10.0. The standard InChI is InChI=1S/C10H15N3O3/c1-6(2)3-7(10(15)16)13-9(14)8-4-11-5-12-8/h4-7H,3H2,1-2H3,(H,11,12)(H,13,14)(H,15,16). The lowest BCUT2D eigenvalue weighted by Crippen LogP contribution is -2.41. The maximum Gasteiger partial charge on any atom is 0.326 e. The molecule has 0 aromatic carbocycles. The summed E-state index contributed by atoms with van der Waals surface area (Å²) >= 11 is 0. The Bertz CT molecular complexity index is 359. The molecule has 88 valence electrons. The first kappa shape index (κ1) is 12.2. The van der Waals surface area contributed by atoms with E-state index in [1.54, 1.807) is 0 Å². The van der Waals surface area contributed by atoms with Crippen LogP contribution in [0.15, 0.2) is 12.5 Å². The summed E-state index contributed by atoms with van der Waals surface area (Å²) in [5, 5.41) is 11.4. The van der Waals surface area contributed by atoms with Crippen molar-refractivity contribution in [3.05, 3.63) is 18.2 Å². The quantitative estimate of drug-likeness (QED) is 0.685. The number of hydrogen-bond donors (Lipinski definition) is 3. The van der Waals surface area contributed by atoms with Gasteiger partial charge in [0.05, 0.1) is 12.5 Å². The number of aliphatic carboxylic acids is 1. The predicted octanol–water partition coefficient (Wildman–Crippen LogP) is 0.639. The number of aromatic nitrogens is 2. The van der Waals surface area contributed by atoms with Gasteiger partial charge in [0.1, 0.15) is 11.7 Å². The average Bonchev–Trinajstić information content (AvgIpc) is 2.68. The smallest absolute Gasteiger partial charge is 0.326 e. The Balaban J connectivity index is 2.62. The van der Waals surface area contributed by atoms with E-state index >= 15 is 0 Å². The number of rotatable bonds is 5. The third-order valence-electron chi connectivity index (χ3n) is 2.05. The molecule has 1 heterocycles. The Morgan fingerprint density at radius 1 is 1.56 bits per heavy atom. The van der Waals surface area contributed by atoms with Crippen molar-refractivity contribution in [3.63, 3.8) is 0 Å². The number of hydrogen-bond acceptors (Lipinski definition) is 3. The number of carboxylic acid groups (broad SMARTS) is 1. The second kappa shape index (κ2) is 5.29. The maximum atomic E-state index is 11.6. The van der Waals surface area contributed by atoms with Crippen LogP contribution in [0.4, 0.5) is 0 Å². The molecule has 6 nitrogen and oxygen atoms in total. The van der Waals surface area contributed by atoms with Crippen LogP contribution in [0.3, 0.4) is 0 Å². The summed E-state index contributed by atoms with van der Waals surface area (Å²) in [6.07, 6.45) is 3.12. The summed E-state index contributed by atoms with van der Waals surface area (Å²) in [6, 6.07) is -0.865. The maximum absolute atomic E-state index is 11.6. The number of H-pyrrole nitrogens is 1. The number of carboxylic acids is 1. The number of aromatic amines is 1. The third-order valence-corrected chi connectivity index (χ3v) is 2.05. The van der Waals surface area contributed by atoms with Crippen LogP contribution in [0.2, 0.25) is 0 Å². The fourth-order valence-corrected chi connectivity index (χ4v) is 1.31. The van der Waals surface area contributed by atoms with Gasteiger partial charge < -0.3 is 15.4 Å². The number of carbonyl (C=O) groups is 2. The van der Waals surface area contributed by atoms with E-state index in [0.29, 0.717) is 6.42 Å². The number of nitrogens with zero attached hydrogens (tertiary/aromatic N) is 1. The second-order valence-electron chi connectivity index (χ2n) is 3.96. The SMILES string of the molecule is CC(C)CC(NC(=O)c1cnc[nH]1)C(=O)O. The van der Waals surface area contributed by atoms with Crippen molar-refractivity contribution in [3.8, 4) is 0 Å². The fraction of sp³-hybridized carbons (Fsp3) is 0.500. The van der Waals surface area contributed by atoms with Crippen molar-refractivity contribution < 1.29 is 14.7 Å². The Morgan fingerprint density at radius 2 is 2.25 bits per heavy atom. The van der Waals surface area contributed by atoms with E-state index in [0.717, 1.165) is 0 Å². The molecule has 1 amide bonds. The number of imidazole rings is 1. The minimum Gasteiger partial charge on any atom is -0.480 e. The first-order chi connectivity index (χ1) is 7.50. The van der Waals surface area contributed by atoms with Crippen LogP contribution in [0, 0.1) is 5.92 Å². The molecule has 0 saturated carbocycles. The van der Waals surface area contributed by atoms with Gasteiger partial charge in [0, 0.05) is 0 Å². The molecular formula is C10H15N3O3. The zero-order chi connectivity index (χ0) is 12.1. The van der Waals surface area contributed by atoms with Gasteiger partial charge in [-0.2, -0.15) is 0 Å². The Hall–Kier alpha value is -1.85. The van der Waals surface area contributed by atoms with E-state index in [1.807, 2.05) is 13.8 Å². The normalized spacial score (nSPS) is 12.4. The van der Waals surface area contributed by atoms with Gasteiger partial charge in [0.15, 0.2) is 0 Å². The minimum atomic E-state index is -1.03. The largest absolute Gasteiger partial charge is 0.480 e. The summed E-state index contributed by atoms with van der Waals surface area (Å²) in [5.41, 5.74) is 0.259. The van der Waals surface area contributed by atoms with Gasteiger partial charge in [-0.3, -0.25) is 4.79 Å². The van der Waals surface area contributed by atoms with Crippen molar-refractivity contribution in [2.45, 2.75) is 26.3 Å². The van der Waals surface area contributed by atoms with E-state index in [-0.39, 0.29) is 11.6 Å². The predicted molar refractivity (Wildman–Crippen MR) is 56.9 cm³/mol. The molecular weight excluding hydrogens is 210 g/mol. The molecule has 1 rings (SSSR count). The highest BCUT2D eigenvalue weighted by Gasteiger charge is 2.21. The van der Waals surface area contributed by atoms with Crippen molar-refractivity contribution >= 4 is 11.9 Å². The lowest BCUT2D eigenvalue weighted by molar-refractivity contribution is -0.139. The molecule has 1 aromatic rings. The van der Waals surface area contributed by atoms with Gasteiger partial charge in [-0.15, -0.1) is 0 Å². The van der Waals surface area contributed by atoms with Gasteiger partial charge >= 0.3 is 5.97 Å². The molecule has 1 aromatic heterocycles. The lowest BCUT2D eigenvalue weighted by Gasteiger charge is -2.15. The van der Waals surface area contributed by atoms with E-state index in [2.05, 4.69) is 15.3 Å². The monoisotopic (exact) mass is 225 g/mol. The van der Waals surface area contributed by atoms with Gasteiger partial charge in [0.25, 0.3) is 5.91 Å². The number of amides is 1.